The molecule has 5 rings (SSSR count). The molecule has 2 heterocycles. The van der Waals surface area contributed by atoms with Gasteiger partial charge in [-0.2, -0.15) is 0 Å². The molecule has 14 heteroatoms. The first kappa shape index (κ1) is 32.9. The third-order valence-corrected chi connectivity index (χ3v) is 11.4. The maximum Gasteiger partial charge on any atom is 0.315 e. The van der Waals surface area contributed by atoms with E-state index in [1.807, 2.05) is 26.2 Å². The monoisotopic (exact) mass is 668 g/mol. The van der Waals surface area contributed by atoms with Crippen LogP contribution in [0.3, 0.4) is 0 Å². The molecule has 5 atom stereocenters. The first-order valence-electron chi connectivity index (χ1n) is 15.4. The van der Waals surface area contributed by atoms with E-state index in [1.165, 1.54) is 4.90 Å². The normalized spacial score (nSPS) is 26.6. The number of rotatable bonds is 11. The van der Waals surface area contributed by atoms with Crippen LogP contribution in [-0.2, 0) is 25.6 Å². The van der Waals surface area contributed by atoms with Crippen molar-refractivity contribution in [3.8, 4) is 0 Å². The number of hydrogen-bond acceptors (Lipinski definition) is 7. The van der Waals surface area contributed by atoms with Crippen molar-refractivity contribution in [2.75, 3.05) is 6.54 Å². The summed E-state index contributed by atoms with van der Waals surface area (Å²) in [5.74, 6) is -3.75. The van der Waals surface area contributed by atoms with Crippen molar-refractivity contribution >= 4 is 64.1 Å². The molecule has 1 aromatic rings. The lowest BCUT2D eigenvalue weighted by Crippen LogP contribution is -2.63. The van der Waals surface area contributed by atoms with E-state index in [-0.39, 0.29) is 18.4 Å². The minimum Gasteiger partial charge on any atom is -0.363 e. The fourth-order valence-electron chi connectivity index (χ4n) is 6.91. The SMILES string of the molecule is CC(C)(C)[C@H](NC(=O)NC1(Cc2nccs2)CCCCC1)C(=O)N1C[C@H]2[C@@H]([C@H]1C(=O)NC(CC1CC1)C(=O)C(N)=O)C2(Cl)Cl. The van der Waals surface area contributed by atoms with E-state index in [2.05, 4.69) is 20.9 Å². The molecule has 1 aromatic heterocycles. The largest absolute Gasteiger partial charge is 0.363 e. The number of carbonyl (C=O) groups is 5. The van der Waals surface area contributed by atoms with Gasteiger partial charge in [0.15, 0.2) is 0 Å². The van der Waals surface area contributed by atoms with E-state index in [9.17, 15) is 24.0 Å². The van der Waals surface area contributed by atoms with Crippen molar-refractivity contribution < 1.29 is 24.0 Å². The van der Waals surface area contributed by atoms with Crippen LogP contribution in [0.4, 0.5) is 4.79 Å². The maximum absolute atomic E-state index is 14.2. The van der Waals surface area contributed by atoms with Crippen molar-refractivity contribution in [2.24, 2.45) is 28.9 Å². The van der Waals surface area contributed by atoms with Crippen LogP contribution in [0.15, 0.2) is 11.6 Å². The number of Topliss-reactive ketones (excluding diaryl/α,β-unsaturated/α-hetero) is 1. The number of primary amides is 1. The molecular weight excluding hydrogens is 627 g/mol. The molecule has 3 aliphatic carbocycles. The van der Waals surface area contributed by atoms with Gasteiger partial charge in [-0.3, -0.25) is 19.2 Å². The first-order chi connectivity index (χ1) is 20.6. The number of amides is 5. The standard InChI is InChI=1S/C30H42Cl2N6O5S/c1-28(2,3)23(36-27(43)37-29(9-5-4-6-10-29)14-19-34-11-12-44-19)26(42)38-15-17-20(30(17,31)32)21(38)25(41)35-18(13-16-7-8-16)22(39)24(33)40/h11-12,16-18,20-21,23H,4-10,13-15H2,1-3H3,(H2,33,40)(H,35,41)(H2,36,37,43)/t17-,18?,20-,21-,23+/m0/s1. The third kappa shape index (κ3) is 7.02. The number of hydrogen-bond donors (Lipinski definition) is 4. The molecule has 1 saturated heterocycles. The number of fused-ring (bicyclic) bond motifs is 1. The van der Waals surface area contributed by atoms with Crippen molar-refractivity contribution in [3.63, 3.8) is 0 Å². The lowest BCUT2D eigenvalue weighted by atomic mass is 9.79. The Labute approximate surface area is 271 Å². The second-order valence-corrected chi connectivity index (χ2v) is 16.5. The highest BCUT2D eigenvalue weighted by atomic mass is 35.5. The van der Waals surface area contributed by atoms with Crippen molar-refractivity contribution in [1.29, 1.82) is 0 Å². The van der Waals surface area contributed by atoms with Gasteiger partial charge in [0.05, 0.1) is 11.0 Å². The molecule has 11 nitrogen and oxygen atoms in total. The van der Waals surface area contributed by atoms with Gasteiger partial charge in [-0.15, -0.1) is 34.5 Å². The van der Waals surface area contributed by atoms with Crippen LogP contribution in [0.1, 0.15) is 77.1 Å². The number of likely N-dealkylation sites (tertiary alicyclic amines) is 1. The molecule has 242 valence electrons. The Hall–Kier alpha value is -2.44. The van der Waals surface area contributed by atoms with Crippen LogP contribution < -0.4 is 21.7 Å². The predicted molar refractivity (Wildman–Crippen MR) is 167 cm³/mol. The zero-order chi connectivity index (χ0) is 32.0. The molecule has 4 aliphatic rings. The van der Waals surface area contributed by atoms with Gasteiger partial charge in [0.1, 0.15) is 16.4 Å². The third-order valence-electron chi connectivity index (χ3n) is 9.58. The summed E-state index contributed by atoms with van der Waals surface area (Å²) in [6.07, 6.45) is 9.16. The van der Waals surface area contributed by atoms with Gasteiger partial charge in [-0.25, -0.2) is 9.78 Å². The Morgan fingerprint density at radius 3 is 2.36 bits per heavy atom. The minimum atomic E-state index is -1.20. The van der Waals surface area contributed by atoms with Gasteiger partial charge < -0.3 is 26.6 Å². The van der Waals surface area contributed by atoms with E-state index in [4.69, 9.17) is 28.9 Å². The van der Waals surface area contributed by atoms with Gasteiger partial charge in [0.25, 0.3) is 5.91 Å². The molecule has 4 fully saturated rings. The second kappa shape index (κ2) is 12.4. The first-order valence-corrected chi connectivity index (χ1v) is 17.1. The summed E-state index contributed by atoms with van der Waals surface area (Å²) in [4.78, 5) is 71.7. The lowest BCUT2D eigenvalue weighted by molar-refractivity contribution is -0.144. The van der Waals surface area contributed by atoms with Crippen LogP contribution in [0.2, 0.25) is 0 Å². The number of aromatic nitrogens is 1. The summed E-state index contributed by atoms with van der Waals surface area (Å²) in [7, 11) is 0. The molecular formula is C30H42Cl2N6O5S. The Morgan fingerprint density at radius 1 is 1.11 bits per heavy atom. The fraction of sp³-hybridized carbons (Fsp3) is 0.733. The number of nitrogens with zero attached hydrogens (tertiary/aromatic N) is 2. The molecule has 0 radical (unpaired) electrons. The van der Waals surface area contributed by atoms with E-state index < -0.39 is 68.9 Å². The molecule has 5 amide bonds. The maximum atomic E-state index is 14.2. The number of alkyl halides is 2. The van der Waals surface area contributed by atoms with Gasteiger partial charge >= 0.3 is 6.03 Å². The smallest absolute Gasteiger partial charge is 0.315 e. The molecule has 44 heavy (non-hydrogen) atoms. The lowest BCUT2D eigenvalue weighted by Gasteiger charge is -2.40. The number of ketones is 1. The molecule has 0 spiro atoms. The Balaban J connectivity index is 1.33. The zero-order valence-corrected chi connectivity index (χ0v) is 27.7. The summed E-state index contributed by atoms with van der Waals surface area (Å²) < 4.78 is -1.20. The van der Waals surface area contributed by atoms with Crippen LogP contribution >= 0.6 is 34.5 Å². The number of urea groups is 1. The summed E-state index contributed by atoms with van der Waals surface area (Å²) >= 11 is 14.6. The second-order valence-electron chi connectivity index (χ2n) is 14.1. The highest BCUT2D eigenvalue weighted by Crippen LogP contribution is 2.65. The quantitative estimate of drug-likeness (QED) is 0.209. The van der Waals surface area contributed by atoms with Gasteiger partial charge in [0, 0.05) is 41.9 Å². The predicted octanol–water partition coefficient (Wildman–Crippen LogP) is 3.07. The molecule has 0 bridgehead atoms. The Bertz CT molecular complexity index is 1290. The Kier molecular flexibility index (Phi) is 9.28. The number of halogens is 2. The van der Waals surface area contributed by atoms with Gasteiger partial charge in [-0.05, 0) is 30.6 Å². The van der Waals surface area contributed by atoms with Crippen LogP contribution in [0.5, 0.6) is 0 Å². The average molecular weight is 670 g/mol. The molecule has 1 unspecified atom stereocenters. The van der Waals surface area contributed by atoms with Crippen LogP contribution in [0.25, 0.3) is 0 Å². The van der Waals surface area contributed by atoms with Crippen LogP contribution in [0, 0.1) is 23.2 Å². The van der Waals surface area contributed by atoms with Crippen LogP contribution in [-0.4, -0.2) is 74.0 Å². The van der Waals surface area contributed by atoms with Crippen molar-refractivity contribution in [1.82, 2.24) is 25.8 Å². The average Bonchev–Trinajstić information content (AvgIpc) is 3.66. The summed E-state index contributed by atoms with van der Waals surface area (Å²) in [5, 5.41) is 11.7. The highest BCUT2D eigenvalue weighted by Gasteiger charge is 2.74. The number of nitrogens with one attached hydrogen (secondary N) is 3. The number of piperidine rings is 1. The zero-order valence-electron chi connectivity index (χ0n) is 25.4. The van der Waals surface area contributed by atoms with E-state index in [0.717, 1.165) is 50.0 Å². The number of carbonyl (C=O) groups excluding carboxylic acids is 5. The summed E-state index contributed by atoms with van der Waals surface area (Å²) in [6.45, 7) is 5.66. The van der Waals surface area contributed by atoms with Crippen molar-refractivity contribution in [3.05, 3.63) is 16.6 Å². The van der Waals surface area contributed by atoms with E-state index in [0.29, 0.717) is 12.8 Å². The van der Waals surface area contributed by atoms with Gasteiger partial charge in [-0.1, -0.05) is 52.9 Å². The van der Waals surface area contributed by atoms with Gasteiger partial charge in [0.2, 0.25) is 17.6 Å². The fourth-order valence-corrected chi connectivity index (χ4v) is 8.49. The minimum absolute atomic E-state index is 0.121. The van der Waals surface area contributed by atoms with Crippen molar-refractivity contribution in [2.45, 2.75) is 107 Å². The molecule has 0 aromatic carbocycles. The molecule has 1 aliphatic heterocycles. The summed E-state index contributed by atoms with van der Waals surface area (Å²) in [5.41, 5.74) is 4.08. The topological polar surface area (TPSA) is 164 Å². The number of thiazole rings is 1. The molecule has 5 N–H and O–H groups in total. The summed E-state index contributed by atoms with van der Waals surface area (Å²) in [6, 6.07) is -3.60. The number of nitrogens with two attached hydrogens (primary N) is 1. The van der Waals surface area contributed by atoms with E-state index in [1.54, 1.807) is 17.5 Å². The van der Waals surface area contributed by atoms with E-state index >= 15 is 0 Å². The highest BCUT2D eigenvalue weighted by molar-refractivity contribution is 7.09. The Morgan fingerprint density at radius 2 is 1.80 bits per heavy atom. The molecule has 3 saturated carbocycles.